The van der Waals surface area contributed by atoms with Gasteiger partial charge in [0.05, 0.1) is 13.1 Å². The number of fused-ring (bicyclic) bond motifs is 1. The molecule has 0 spiro atoms. The Labute approximate surface area is 166 Å². The van der Waals surface area contributed by atoms with Gasteiger partial charge in [-0.05, 0) is 42.8 Å². The van der Waals surface area contributed by atoms with Crippen molar-refractivity contribution in [3.63, 3.8) is 0 Å². The molecule has 0 aromatic rings. The van der Waals surface area contributed by atoms with Crippen LogP contribution in [0.4, 0.5) is 0 Å². The zero-order chi connectivity index (χ0) is 20.4. The summed E-state index contributed by atoms with van der Waals surface area (Å²) >= 11 is 1.34. The highest BCUT2D eigenvalue weighted by Gasteiger charge is 2.55. The number of amides is 3. The van der Waals surface area contributed by atoms with E-state index >= 15 is 0 Å². The summed E-state index contributed by atoms with van der Waals surface area (Å²) in [5, 5.41) is 5.43. The second-order valence-electron chi connectivity index (χ2n) is 9.17. The lowest BCUT2D eigenvalue weighted by atomic mass is 9.62. The predicted octanol–water partition coefficient (Wildman–Crippen LogP) is 1.15. The number of nitrogens with one attached hydrogen (secondary N) is 3. The molecule has 2 aliphatic rings. The van der Waals surface area contributed by atoms with E-state index in [-0.39, 0.29) is 42.3 Å². The van der Waals surface area contributed by atoms with Crippen molar-refractivity contribution in [1.82, 2.24) is 20.3 Å². The van der Waals surface area contributed by atoms with Gasteiger partial charge < -0.3 is 15.5 Å². The van der Waals surface area contributed by atoms with Gasteiger partial charge in [0.1, 0.15) is 6.04 Å². The highest BCUT2D eigenvalue weighted by atomic mass is 32.2. The second kappa shape index (κ2) is 8.39. The van der Waals surface area contributed by atoms with Gasteiger partial charge in [0.2, 0.25) is 17.7 Å². The number of likely N-dealkylation sites (tertiary alicyclic amines) is 1. The van der Waals surface area contributed by atoms with Crippen LogP contribution < -0.4 is 15.4 Å². The van der Waals surface area contributed by atoms with E-state index in [1.165, 1.54) is 18.4 Å². The third kappa shape index (κ3) is 4.96. The van der Waals surface area contributed by atoms with E-state index in [1.54, 1.807) is 0 Å². The Morgan fingerprint density at radius 3 is 2.33 bits per heavy atom. The SMILES string of the molecule is CSNCC(=O)NCC(=O)NC(C(=O)N1CC2(C)CC[C@@H]2C1C)C(C)(C)C. The fourth-order valence-electron chi connectivity index (χ4n) is 4.26. The first kappa shape index (κ1) is 22.0. The van der Waals surface area contributed by atoms with Crippen LogP contribution in [0.1, 0.15) is 47.5 Å². The van der Waals surface area contributed by atoms with Crippen LogP contribution in [0, 0.1) is 16.7 Å². The number of carbonyl (C=O) groups excluding carboxylic acids is 3. The molecule has 3 unspecified atom stereocenters. The number of carbonyl (C=O) groups is 3. The maximum absolute atomic E-state index is 13.3. The largest absolute Gasteiger partial charge is 0.346 e. The summed E-state index contributed by atoms with van der Waals surface area (Å²) in [5.41, 5.74) is -0.195. The lowest BCUT2D eigenvalue weighted by molar-refractivity contribution is -0.140. The van der Waals surface area contributed by atoms with E-state index < -0.39 is 11.5 Å². The zero-order valence-electron chi connectivity index (χ0n) is 17.3. The van der Waals surface area contributed by atoms with Crippen molar-refractivity contribution in [2.24, 2.45) is 16.7 Å². The molecule has 1 saturated carbocycles. The normalized spacial score (nSPS) is 28.1. The van der Waals surface area contributed by atoms with Crippen molar-refractivity contribution in [3.8, 4) is 0 Å². The zero-order valence-corrected chi connectivity index (χ0v) is 18.2. The molecule has 1 aliphatic carbocycles. The van der Waals surface area contributed by atoms with Crippen LogP contribution in [0.15, 0.2) is 0 Å². The van der Waals surface area contributed by atoms with Crippen molar-refractivity contribution in [2.75, 3.05) is 25.9 Å². The van der Waals surface area contributed by atoms with E-state index in [0.717, 1.165) is 13.0 Å². The lowest BCUT2D eigenvalue weighted by Gasteiger charge is -2.42. The van der Waals surface area contributed by atoms with Crippen LogP contribution in [-0.2, 0) is 14.4 Å². The lowest BCUT2D eigenvalue weighted by Crippen LogP contribution is -2.57. The average Bonchev–Trinajstić information content (AvgIpc) is 2.74. The van der Waals surface area contributed by atoms with Crippen LogP contribution in [0.2, 0.25) is 0 Å². The van der Waals surface area contributed by atoms with Gasteiger partial charge >= 0.3 is 0 Å². The van der Waals surface area contributed by atoms with Crippen LogP contribution in [0.25, 0.3) is 0 Å². The highest BCUT2D eigenvalue weighted by molar-refractivity contribution is 7.96. The van der Waals surface area contributed by atoms with Gasteiger partial charge in [0, 0.05) is 12.6 Å². The summed E-state index contributed by atoms with van der Waals surface area (Å²) in [5.74, 6) is -0.0621. The first-order chi connectivity index (χ1) is 12.5. The molecule has 2 fully saturated rings. The minimum Gasteiger partial charge on any atom is -0.346 e. The summed E-state index contributed by atoms with van der Waals surface area (Å²) in [6.45, 7) is 11.0. The van der Waals surface area contributed by atoms with Gasteiger partial charge in [-0.1, -0.05) is 39.6 Å². The van der Waals surface area contributed by atoms with Crippen molar-refractivity contribution >= 4 is 29.7 Å². The van der Waals surface area contributed by atoms with E-state index in [4.69, 9.17) is 0 Å². The van der Waals surface area contributed by atoms with Gasteiger partial charge in [0.25, 0.3) is 0 Å². The Kier molecular flexibility index (Phi) is 6.84. The Morgan fingerprint density at radius 2 is 1.89 bits per heavy atom. The average molecular weight is 399 g/mol. The van der Waals surface area contributed by atoms with Gasteiger partial charge in [0.15, 0.2) is 0 Å². The molecular formula is C19H34N4O3S. The first-order valence-corrected chi connectivity index (χ1v) is 10.8. The molecule has 154 valence electrons. The molecule has 3 amide bonds. The van der Waals surface area contributed by atoms with Crippen LogP contribution in [-0.4, -0.2) is 60.6 Å². The Morgan fingerprint density at radius 1 is 1.22 bits per heavy atom. The van der Waals surface area contributed by atoms with Crippen molar-refractivity contribution in [2.45, 2.75) is 59.5 Å². The van der Waals surface area contributed by atoms with E-state index in [0.29, 0.717) is 5.92 Å². The van der Waals surface area contributed by atoms with E-state index in [1.807, 2.05) is 31.9 Å². The number of hydrogen-bond donors (Lipinski definition) is 3. The molecule has 7 nitrogen and oxygen atoms in total. The van der Waals surface area contributed by atoms with Crippen LogP contribution in [0.3, 0.4) is 0 Å². The summed E-state index contributed by atoms with van der Waals surface area (Å²) < 4.78 is 2.83. The maximum Gasteiger partial charge on any atom is 0.245 e. The Hall–Kier alpha value is -1.28. The molecule has 4 atom stereocenters. The Bertz CT molecular complexity index is 592. The monoisotopic (exact) mass is 398 g/mol. The van der Waals surface area contributed by atoms with Crippen molar-refractivity contribution in [3.05, 3.63) is 0 Å². The molecule has 0 aromatic carbocycles. The van der Waals surface area contributed by atoms with Gasteiger partial charge in [-0.15, -0.1) is 0 Å². The molecule has 0 aromatic heterocycles. The summed E-state index contributed by atoms with van der Waals surface area (Å²) in [6.07, 6.45) is 4.16. The number of rotatable bonds is 7. The summed E-state index contributed by atoms with van der Waals surface area (Å²) in [4.78, 5) is 39.3. The summed E-state index contributed by atoms with van der Waals surface area (Å²) in [6, 6.07) is -0.412. The molecule has 8 heteroatoms. The third-order valence-electron chi connectivity index (χ3n) is 6.05. The maximum atomic E-state index is 13.3. The molecule has 1 aliphatic heterocycles. The Balaban J connectivity index is 1.98. The topological polar surface area (TPSA) is 90.5 Å². The standard InChI is InChI=1S/C19H34N4O3S/c1-12-13-7-8-19(13,5)11-23(12)17(26)16(18(2,3)4)22-15(25)9-20-14(24)10-21-27-6/h12-13,16,21H,7-11H2,1-6H3,(H,20,24)(H,22,25)/t12?,13-,16?,19?/m1/s1. The van der Waals surface area contributed by atoms with E-state index in [2.05, 4.69) is 29.2 Å². The molecule has 1 heterocycles. The van der Waals surface area contributed by atoms with Crippen molar-refractivity contribution in [1.29, 1.82) is 0 Å². The van der Waals surface area contributed by atoms with Crippen LogP contribution >= 0.6 is 11.9 Å². The van der Waals surface area contributed by atoms with Gasteiger partial charge in [-0.3, -0.25) is 19.1 Å². The molecule has 0 radical (unpaired) electrons. The van der Waals surface area contributed by atoms with E-state index in [9.17, 15) is 14.4 Å². The number of nitrogens with zero attached hydrogens (tertiary/aromatic N) is 1. The predicted molar refractivity (Wildman–Crippen MR) is 108 cm³/mol. The van der Waals surface area contributed by atoms with Gasteiger partial charge in [-0.25, -0.2) is 0 Å². The second-order valence-corrected chi connectivity index (χ2v) is 9.87. The fourth-order valence-corrected chi connectivity index (χ4v) is 4.53. The fraction of sp³-hybridized carbons (Fsp3) is 0.842. The molecule has 27 heavy (non-hydrogen) atoms. The van der Waals surface area contributed by atoms with Gasteiger partial charge in [-0.2, -0.15) is 0 Å². The number of hydrogen-bond acceptors (Lipinski definition) is 5. The highest BCUT2D eigenvalue weighted by Crippen LogP contribution is 2.54. The molecule has 0 bridgehead atoms. The molecule has 2 rings (SSSR count). The molecular weight excluding hydrogens is 364 g/mol. The molecule has 3 N–H and O–H groups in total. The summed E-state index contributed by atoms with van der Waals surface area (Å²) in [7, 11) is 0. The first-order valence-electron chi connectivity index (χ1n) is 9.62. The molecule has 1 saturated heterocycles. The third-order valence-corrected chi connectivity index (χ3v) is 6.48. The van der Waals surface area contributed by atoms with Crippen molar-refractivity contribution < 1.29 is 14.4 Å². The minimum atomic E-state index is -0.616. The smallest absolute Gasteiger partial charge is 0.245 e. The minimum absolute atomic E-state index is 0.0191. The van der Waals surface area contributed by atoms with Crippen LogP contribution in [0.5, 0.6) is 0 Å². The quantitative estimate of drug-likeness (QED) is 0.560.